The van der Waals surface area contributed by atoms with E-state index in [1.807, 2.05) is 27.7 Å². The monoisotopic (exact) mass is 270 g/mol. The lowest BCUT2D eigenvalue weighted by molar-refractivity contribution is -0.132. The van der Waals surface area contributed by atoms with Crippen molar-refractivity contribution < 1.29 is 9.53 Å². The van der Waals surface area contributed by atoms with Crippen molar-refractivity contribution in [1.29, 1.82) is 0 Å². The Labute approximate surface area is 117 Å². The maximum atomic E-state index is 11.8. The molecule has 0 aromatic heterocycles. The molecule has 1 amide bonds. The molecule has 0 radical (unpaired) electrons. The number of ether oxygens (including phenoxy) is 1. The molecule has 112 valence electrons. The number of rotatable bonds is 6. The van der Waals surface area contributed by atoms with Gasteiger partial charge in [0, 0.05) is 23.6 Å². The van der Waals surface area contributed by atoms with Gasteiger partial charge in [-0.25, -0.2) is 0 Å². The molecule has 4 nitrogen and oxygen atoms in total. The molecule has 1 saturated carbocycles. The SMILES string of the molecule is CCOC1CC(NCC(=O)NC(C)(C)C)C1(C)CC. The molecule has 3 atom stereocenters. The molecule has 0 spiro atoms. The number of carbonyl (C=O) groups is 1. The average Bonchev–Trinajstić information content (AvgIpc) is 2.29. The first kappa shape index (κ1) is 16.4. The van der Waals surface area contributed by atoms with Gasteiger partial charge in [-0.3, -0.25) is 4.79 Å². The van der Waals surface area contributed by atoms with Crippen LogP contribution in [0.1, 0.15) is 54.4 Å². The largest absolute Gasteiger partial charge is 0.378 e. The zero-order chi connectivity index (χ0) is 14.7. The first-order chi connectivity index (χ1) is 8.73. The van der Waals surface area contributed by atoms with E-state index in [0.29, 0.717) is 18.7 Å². The van der Waals surface area contributed by atoms with E-state index in [1.165, 1.54) is 0 Å². The van der Waals surface area contributed by atoms with Crippen LogP contribution < -0.4 is 10.6 Å². The molecule has 0 aromatic rings. The van der Waals surface area contributed by atoms with Crippen molar-refractivity contribution in [3.8, 4) is 0 Å². The second-order valence-corrected chi connectivity index (χ2v) is 6.77. The van der Waals surface area contributed by atoms with Gasteiger partial charge in [0.15, 0.2) is 0 Å². The summed E-state index contributed by atoms with van der Waals surface area (Å²) in [5.74, 6) is 0.0609. The Morgan fingerprint density at radius 3 is 2.47 bits per heavy atom. The molecule has 1 aliphatic carbocycles. The zero-order valence-electron chi connectivity index (χ0n) is 13.3. The smallest absolute Gasteiger partial charge is 0.234 e. The van der Waals surface area contributed by atoms with Crippen molar-refractivity contribution in [2.24, 2.45) is 5.41 Å². The number of hydrogen-bond donors (Lipinski definition) is 2. The Morgan fingerprint density at radius 1 is 1.37 bits per heavy atom. The molecule has 0 aromatic carbocycles. The second-order valence-electron chi connectivity index (χ2n) is 6.77. The van der Waals surface area contributed by atoms with Crippen LogP contribution in [0.25, 0.3) is 0 Å². The highest BCUT2D eigenvalue weighted by Crippen LogP contribution is 2.45. The Hall–Kier alpha value is -0.610. The zero-order valence-corrected chi connectivity index (χ0v) is 13.3. The molecule has 1 rings (SSSR count). The van der Waals surface area contributed by atoms with Crippen LogP contribution in [-0.4, -0.2) is 36.7 Å². The summed E-state index contributed by atoms with van der Waals surface area (Å²) in [5, 5.41) is 6.35. The third-order valence-electron chi connectivity index (χ3n) is 4.13. The predicted octanol–water partition coefficient (Wildman–Crippen LogP) is 2.08. The number of amides is 1. The van der Waals surface area contributed by atoms with Gasteiger partial charge in [-0.15, -0.1) is 0 Å². The summed E-state index contributed by atoms with van der Waals surface area (Å²) in [7, 11) is 0. The molecule has 19 heavy (non-hydrogen) atoms. The van der Waals surface area contributed by atoms with Crippen molar-refractivity contribution >= 4 is 5.91 Å². The average molecular weight is 270 g/mol. The number of nitrogens with one attached hydrogen (secondary N) is 2. The van der Waals surface area contributed by atoms with Crippen LogP contribution >= 0.6 is 0 Å². The molecule has 1 fully saturated rings. The fraction of sp³-hybridized carbons (Fsp3) is 0.933. The summed E-state index contributed by atoms with van der Waals surface area (Å²) < 4.78 is 5.76. The van der Waals surface area contributed by atoms with Crippen LogP contribution in [0.5, 0.6) is 0 Å². The highest BCUT2D eigenvalue weighted by molar-refractivity contribution is 5.78. The van der Waals surface area contributed by atoms with Gasteiger partial charge >= 0.3 is 0 Å². The molecule has 1 aliphatic rings. The number of hydrogen-bond acceptors (Lipinski definition) is 3. The Bertz CT molecular complexity index is 312. The third kappa shape index (κ3) is 4.18. The molecular weight excluding hydrogens is 240 g/mol. The number of carbonyl (C=O) groups excluding carboxylic acids is 1. The van der Waals surface area contributed by atoms with Crippen LogP contribution in [0.4, 0.5) is 0 Å². The molecule has 0 aliphatic heterocycles. The van der Waals surface area contributed by atoms with Crippen LogP contribution in [0.15, 0.2) is 0 Å². The van der Waals surface area contributed by atoms with Gasteiger partial charge < -0.3 is 15.4 Å². The molecule has 0 bridgehead atoms. The fourth-order valence-electron chi connectivity index (χ4n) is 2.74. The van der Waals surface area contributed by atoms with Gasteiger partial charge in [0.2, 0.25) is 5.91 Å². The summed E-state index contributed by atoms with van der Waals surface area (Å²) in [6.07, 6.45) is 2.39. The van der Waals surface area contributed by atoms with Crippen molar-refractivity contribution in [2.75, 3.05) is 13.2 Å². The van der Waals surface area contributed by atoms with Crippen molar-refractivity contribution in [2.45, 2.75) is 72.1 Å². The molecule has 2 N–H and O–H groups in total. The van der Waals surface area contributed by atoms with E-state index in [4.69, 9.17) is 4.74 Å². The van der Waals surface area contributed by atoms with Crippen LogP contribution in [-0.2, 0) is 9.53 Å². The summed E-state index contributed by atoms with van der Waals surface area (Å²) in [6, 6.07) is 0.375. The third-order valence-corrected chi connectivity index (χ3v) is 4.13. The van der Waals surface area contributed by atoms with E-state index < -0.39 is 0 Å². The molecule has 3 unspecified atom stereocenters. The molecule has 4 heteroatoms. The minimum absolute atomic E-state index is 0.0609. The first-order valence-corrected chi connectivity index (χ1v) is 7.39. The van der Waals surface area contributed by atoms with Gasteiger partial charge in [-0.2, -0.15) is 0 Å². The van der Waals surface area contributed by atoms with Gasteiger partial charge in [-0.05, 0) is 40.5 Å². The fourth-order valence-corrected chi connectivity index (χ4v) is 2.74. The highest BCUT2D eigenvalue weighted by atomic mass is 16.5. The standard InChI is InChI=1S/C15H30N2O2/c1-7-15(6)11(9-12(15)19-8-2)16-10-13(18)17-14(3,4)5/h11-12,16H,7-10H2,1-6H3,(H,17,18). The van der Waals surface area contributed by atoms with Gasteiger partial charge in [0.1, 0.15) is 0 Å². The minimum atomic E-state index is -0.166. The molecule has 0 saturated heterocycles. The van der Waals surface area contributed by atoms with E-state index in [9.17, 15) is 4.79 Å². The van der Waals surface area contributed by atoms with E-state index in [0.717, 1.165) is 19.4 Å². The summed E-state index contributed by atoms with van der Waals surface area (Å²) in [6.45, 7) is 13.6. The van der Waals surface area contributed by atoms with Gasteiger partial charge in [0.25, 0.3) is 0 Å². The summed E-state index contributed by atoms with van der Waals surface area (Å²) >= 11 is 0. The van der Waals surface area contributed by atoms with Crippen molar-refractivity contribution in [1.82, 2.24) is 10.6 Å². The lowest BCUT2D eigenvalue weighted by Crippen LogP contribution is -2.63. The highest BCUT2D eigenvalue weighted by Gasteiger charge is 2.50. The lowest BCUT2D eigenvalue weighted by Gasteiger charge is -2.53. The normalized spacial score (nSPS) is 30.8. The van der Waals surface area contributed by atoms with E-state index >= 15 is 0 Å². The topological polar surface area (TPSA) is 50.4 Å². The van der Waals surface area contributed by atoms with Gasteiger partial charge in [0.05, 0.1) is 12.6 Å². The lowest BCUT2D eigenvalue weighted by atomic mass is 9.61. The van der Waals surface area contributed by atoms with Gasteiger partial charge in [-0.1, -0.05) is 13.8 Å². The molecular formula is C15H30N2O2. The second kappa shape index (κ2) is 6.23. The predicted molar refractivity (Wildman–Crippen MR) is 78.1 cm³/mol. The van der Waals surface area contributed by atoms with E-state index in [2.05, 4.69) is 24.5 Å². The first-order valence-electron chi connectivity index (χ1n) is 7.39. The maximum Gasteiger partial charge on any atom is 0.234 e. The minimum Gasteiger partial charge on any atom is -0.378 e. The Morgan fingerprint density at radius 2 is 2.00 bits per heavy atom. The van der Waals surface area contributed by atoms with Crippen LogP contribution in [0.3, 0.4) is 0 Å². The Kier molecular flexibility index (Phi) is 5.39. The van der Waals surface area contributed by atoms with E-state index in [1.54, 1.807) is 0 Å². The summed E-state index contributed by atoms with van der Waals surface area (Å²) in [4.78, 5) is 11.8. The summed E-state index contributed by atoms with van der Waals surface area (Å²) in [5.41, 5.74) is -0.0156. The van der Waals surface area contributed by atoms with Crippen molar-refractivity contribution in [3.05, 3.63) is 0 Å². The Balaban J connectivity index is 2.41. The molecule has 0 heterocycles. The van der Waals surface area contributed by atoms with E-state index in [-0.39, 0.29) is 16.9 Å². The van der Waals surface area contributed by atoms with Crippen molar-refractivity contribution in [3.63, 3.8) is 0 Å². The van der Waals surface area contributed by atoms with Crippen LogP contribution in [0.2, 0.25) is 0 Å². The van der Waals surface area contributed by atoms with Crippen LogP contribution in [0, 0.1) is 5.41 Å². The maximum absolute atomic E-state index is 11.8. The quantitative estimate of drug-likeness (QED) is 0.777.